The third-order valence-electron chi connectivity index (χ3n) is 2.52. The minimum absolute atomic E-state index is 0.00875. The van der Waals surface area contributed by atoms with E-state index in [0.717, 1.165) is 0 Å². The molecule has 0 aromatic heterocycles. The summed E-state index contributed by atoms with van der Waals surface area (Å²) in [6.07, 6.45) is 0. The number of carboxylic acids is 1. The lowest BCUT2D eigenvalue weighted by atomic mass is 9.94. The van der Waals surface area contributed by atoms with Crippen molar-refractivity contribution < 1.29 is 19.4 Å². The van der Waals surface area contributed by atoms with Crippen molar-refractivity contribution in [1.29, 1.82) is 0 Å². The quantitative estimate of drug-likeness (QED) is 0.786. The van der Waals surface area contributed by atoms with E-state index in [1.54, 1.807) is 0 Å². The van der Waals surface area contributed by atoms with Crippen molar-refractivity contribution in [2.24, 2.45) is 0 Å². The molecular weight excluding hydrogens is 222 g/mol. The fraction of sp³-hybridized carbons (Fsp3) is 0.417. The molecule has 1 rings (SSSR count). The summed E-state index contributed by atoms with van der Waals surface area (Å²) in [4.78, 5) is 11.2. The summed E-state index contributed by atoms with van der Waals surface area (Å²) in [6, 6.07) is 1.40. The van der Waals surface area contributed by atoms with E-state index in [2.05, 4.69) is 0 Å². The van der Waals surface area contributed by atoms with Crippen molar-refractivity contribution in [2.45, 2.75) is 19.8 Å². The maximum atomic E-state index is 11.2. The summed E-state index contributed by atoms with van der Waals surface area (Å²) in [7, 11) is 2.94. The van der Waals surface area contributed by atoms with Gasteiger partial charge in [-0.2, -0.15) is 0 Å². The molecule has 0 atom stereocenters. The van der Waals surface area contributed by atoms with Gasteiger partial charge in [-0.1, -0.05) is 13.8 Å². The second kappa shape index (κ2) is 4.95. The van der Waals surface area contributed by atoms with Crippen LogP contribution in [0.1, 0.15) is 35.7 Å². The number of aromatic carboxylic acids is 1. The number of methoxy groups -OCH3 is 2. The van der Waals surface area contributed by atoms with Crippen LogP contribution < -0.4 is 15.2 Å². The van der Waals surface area contributed by atoms with Crippen LogP contribution in [0.3, 0.4) is 0 Å². The van der Waals surface area contributed by atoms with Crippen molar-refractivity contribution in [1.82, 2.24) is 0 Å². The minimum Gasteiger partial charge on any atom is -0.492 e. The van der Waals surface area contributed by atoms with Gasteiger partial charge in [0.05, 0.1) is 25.5 Å². The van der Waals surface area contributed by atoms with E-state index in [1.807, 2.05) is 13.8 Å². The molecule has 94 valence electrons. The van der Waals surface area contributed by atoms with Gasteiger partial charge in [0.1, 0.15) is 0 Å². The Labute approximate surface area is 100 Å². The van der Waals surface area contributed by atoms with Crippen molar-refractivity contribution >= 4 is 11.7 Å². The Balaban J connectivity index is 3.65. The number of carbonyl (C=O) groups is 1. The molecule has 0 aliphatic carbocycles. The van der Waals surface area contributed by atoms with Gasteiger partial charge in [-0.3, -0.25) is 0 Å². The topological polar surface area (TPSA) is 81.8 Å². The molecule has 0 saturated carbocycles. The third-order valence-corrected chi connectivity index (χ3v) is 2.52. The first-order valence-corrected chi connectivity index (χ1v) is 5.21. The Morgan fingerprint density at radius 3 is 2.18 bits per heavy atom. The third kappa shape index (κ3) is 2.27. The highest BCUT2D eigenvalue weighted by Gasteiger charge is 2.23. The van der Waals surface area contributed by atoms with Gasteiger partial charge >= 0.3 is 5.97 Å². The second-order valence-corrected chi connectivity index (χ2v) is 3.95. The molecule has 0 fully saturated rings. The number of carboxylic acid groups (broad SMARTS) is 1. The molecule has 0 aliphatic rings. The molecule has 5 nitrogen and oxygen atoms in total. The van der Waals surface area contributed by atoms with Gasteiger partial charge < -0.3 is 20.3 Å². The van der Waals surface area contributed by atoms with Crippen molar-refractivity contribution in [2.75, 3.05) is 20.0 Å². The minimum atomic E-state index is -1.03. The fourth-order valence-corrected chi connectivity index (χ4v) is 1.84. The molecule has 0 saturated heterocycles. The average molecular weight is 239 g/mol. The van der Waals surface area contributed by atoms with Gasteiger partial charge in [0.2, 0.25) is 0 Å². The molecule has 0 spiro atoms. The molecule has 0 amide bonds. The lowest BCUT2D eigenvalue weighted by Crippen LogP contribution is -2.09. The van der Waals surface area contributed by atoms with Crippen LogP contribution in [0.5, 0.6) is 11.5 Å². The van der Waals surface area contributed by atoms with Crippen molar-refractivity contribution in [3.8, 4) is 11.5 Å². The van der Waals surface area contributed by atoms with Crippen LogP contribution in [-0.2, 0) is 0 Å². The summed E-state index contributed by atoms with van der Waals surface area (Å²) < 4.78 is 10.4. The maximum Gasteiger partial charge on any atom is 0.336 e. The standard InChI is InChI=1S/C12H17NO4/c1-6(2)9-7(12(14)15)5-8(13)10(16-3)11(9)17-4/h5-6H,13H2,1-4H3,(H,14,15). The lowest BCUT2D eigenvalue weighted by molar-refractivity contribution is 0.0694. The SMILES string of the molecule is COc1c(N)cc(C(=O)O)c(C(C)C)c1OC. The smallest absolute Gasteiger partial charge is 0.336 e. The van der Waals surface area contributed by atoms with E-state index in [9.17, 15) is 9.90 Å². The predicted octanol–water partition coefficient (Wildman–Crippen LogP) is 2.11. The van der Waals surface area contributed by atoms with E-state index < -0.39 is 5.97 Å². The van der Waals surface area contributed by atoms with Gasteiger partial charge in [-0.25, -0.2) is 4.79 Å². The first-order valence-electron chi connectivity index (χ1n) is 5.21. The number of rotatable bonds is 4. The maximum absolute atomic E-state index is 11.2. The molecule has 0 aliphatic heterocycles. The van der Waals surface area contributed by atoms with Gasteiger partial charge in [-0.15, -0.1) is 0 Å². The number of nitrogen functional groups attached to an aromatic ring is 1. The number of anilines is 1. The van der Waals surface area contributed by atoms with Gasteiger partial charge in [0.25, 0.3) is 0 Å². The number of hydrogen-bond donors (Lipinski definition) is 2. The van der Waals surface area contributed by atoms with Crippen LogP contribution in [0.25, 0.3) is 0 Å². The van der Waals surface area contributed by atoms with E-state index in [1.165, 1.54) is 20.3 Å². The molecule has 1 aromatic carbocycles. The lowest BCUT2D eigenvalue weighted by Gasteiger charge is -2.19. The normalized spacial score (nSPS) is 10.4. The number of ether oxygens (including phenoxy) is 2. The zero-order valence-electron chi connectivity index (χ0n) is 10.4. The molecule has 0 heterocycles. The van der Waals surface area contributed by atoms with Gasteiger partial charge in [0, 0.05) is 5.56 Å². The molecule has 3 N–H and O–H groups in total. The number of hydrogen-bond acceptors (Lipinski definition) is 4. The van der Waals surface area contributed by atoms with Crippen LogP contribution in [0.2, 0.25) is 0 Å². The molecule has 1 aromatic rings. The largest absolute Gasteiger partial charge is 0.492 e. The molecule has 17 heavy (non-hydrogen) atoms. The van der Waals surface area contributed by atoms with E-state index >= 15 is 0 Å². The second-order valence-electron chi connectivity index (χ2n) is 3.95. The summed E-state index contributed by atoms with van der Waals surface area (Å²) in [6.45, 7) is 3.78. The van der Waals surface area contributed by atoms with E-state index in [-0.39, 0.29) is 17.2 Å². The van der Waals surface area contributed by atoms with Crippen molar-refractivity contribution in [3.05, 3.63) is 17.2 Å². The Hall–Kier alpha value is -1.91. The highest BCUT2D eigenvalue weighted by molar-refractivity contribution is 5.93. The highest BCUT2D eigenvalue weighted by atomic mass is 16.5. The van der Waals surface area contributed by atoms with E-state index in [4.69, 9.17) is 15.2 Å². The van der Waals surface area contributed by atoms with Gasteiger partial charge in [-0.05, 0) is 12.0 Å². The van der Waals surface area contributed by atoms with Gasteiger partial charge in [0.15, 0.2) is 11.5 Å². The average Bonchev–Trinajstić information content (AvgIpc) is 2.26. The van der Waals surface area contributed by atoms with E-state index in [0.29, 0.717) is 17.1 Å². The zero-order chi connectivity index (χ0) is 13.2. The van der Waals surface area contributed by atoms with Crippen LogP contribution in [0, 0.1) is 0 Å². The summed E-state index contributed by atoms with van der Waals surface area (Å²) >= 11 is 0. The molecule has 0 radical (unpaired) electrons. The van der Waals surface area contributed by atoms with Crippen LogP contribution in [0.15, 0.2) is 6.07 Å². The van der Waals surface area contributed by atoms with Crippen LogP contribution in [0.4, 0.5) is 5.69 Å². The van der Waals surface area contributed by atoms with Crippen LogP contribution >= 0.6 is 0 Å². The number of benzene rings is 1. The highest BCUT2D eigenvalue weighted by Crippen LogP contribution is 2.42. The Morgan fingerprint density at radius 2 is 1.82 bits per heavy atom. The Kier molecular flexibility index (Phi) is 3.83. The molecule has 5 heteroatoms. The summed E-state index contributed by atoms with van der Waals surface area (Å²) in [5, 5.41) is 9.17. The molecule has 0 unspecified atom stereocenters. The van der Waals surface area contributed by atoms with Crippen LogP contribution in [-0.4, -0.2) is 25.3 Å². The first-order chi connectivity index (χ1) is 7.93. The Morgan fingerprint density at radius 1 is 1.29 bits per heavy atom. The summed E-state index contributed by atoms with van der Waals surface area (Å²) in [5.74, 6) is -0.270. The Bertz CT molecular complexity index is 441. The first kappa shape index (κ1) is 13.2. The fourth-order valence-electron chi connectivity index (χ4n) is 1.84. The number of nitrogens with two attached hydrogens (primary N) is 1. The molecule has 0 bridgehead atoms. The monoisotopic (exact) mass is 239 g/mol. The predicted molar refractivity (Wildman–Crippen MR) is 65.0 cm³/mol. The summed E-state index contributed by atoms with van der Waals surface area (Å²) in [5.41, 5.74) is 6.74. The van der Waals surface area contributed by atoms with Crippen molar-refractivity contribution in [3.63, 3.8) is 0 Å². The zero-order valence-corrected chi connectivity index (χ0v) is 10.4. The molecular formula is C12H17NO4.